The SMILES string of the molecule is CCn1cncc1-c1nc(C2CCCC2)c(Br)c(=O)[nH]1. The third kappa shape index (κ3) is 2.32. The van der Waals surface area contributed by atoms with E-state index in [-0.39, 0.29) is 5.56 Å². The molecule has 6 heteroatoms. The largest absolute Gasteiger partial charge is 0.328 e. The third-order valence-electron chi connectivity index (χ3n) is 3.93. The Labute approximate surface area is 125 Å². The number of hydrogen-bond donors (Lipinski definition) is 1. The molecule has 0 amide bonds. The van der Waals surface area contributed by atoms with Gasteiger partial charge in [-0.3, -0.25) is 4.79 Å². The van der Waals surface area contributed by atoms with Crippen LogP contribution in [0.2, 0.25) is 0 Å². The van der Waals surface area contributed by atoms with Crippen molar-refractivity contribution in [1.29, 1.82) is 0 Å². The van der Waals surface area contributed by atoms with Crippen molar-refractivity contribution in [2.45, 2.75) is 45.1 Å². The molecule has 1 fully saturated rings. The van der Waals surface area contributed by atoms with Gasteiger partial charge < -0.3 is 9.55 Å². The smallest absolute Gasteiger partial charge is 0.265 e. The molecule has 20 heavy (non-hydrogen) atoms. The van der Waals surface area contributed by atoms with E-state index >= 15 is 0 Å². The molecule has 1 N–H and O–H groups in total. The molecule has 3 rings (SSSR count). The van der Waals surface area contributed by atoms with Crippen LogP contribution in [0, 0.1) is 0 Å². The van der Waals surface area contributed by atoms with Crippen molar-refractivity contribution >= 4 is 15.9 Å². The summed E-state index contributed by atoms with van der Waals surface area (Å²) in [4.78, 5) is 23.8. The highest BCUT2D eigenvalue weighted by Gasteiger charge is 2.23. The molecule has 2 aromatic rings. The topological polar surface area (TPSA) is 63.6 Å². The minimum absolute atomic E-state index is 0.110. The van der Waals surface area contributed by atoms with Crippen molar-refractivity contribution in [3.8, 4) is 11.5 Å². The van der Waals surface area contributed by atoms with Crippen LogP contribution in [0.5, 0.6) is 0 Å². The average Bonchev–Trinajstić information content (AvgIpc) is 3.11. The maximum absolute atomic E-state index is 12.1. The summed E-state index contributed by atoms with van der Waals surface area (Å²) in [6, 6.07) is 0. The summed E-state index contributed by atoms with van der Waals surface area (Å²) in [6.45, 7) is 2.84. The van der Waals surface area contributed by atoms with E-state index in [1.54, 1.807) is 12.5 Å². The summed E-state index contributed by atoms with van der Waals surface area (Å²) in [7, 11) is 0. The van der Waals surface area contributed by atoms with Gasteiger partial charge in [-0.1, -0.05) is 12.8 Å². The van der Waals surface area contributed by atoms with Crippen LogP contribution < -0.4 is 5.56 Å². The Morgan fingerprint density at radius 1 is 1.45 bits per heavy atom. The average molecular weight is 337 g/mol. The second kappa shape index (κ2) is 5.52. The van der Waals surface area contributed by atoms with E-state index in [0.29, 0.717) is 16.2 Å². The van der Waals surface area contributed by atoms with Gasteiger partial charge in [-0.15, -0.1) is 0 Å². The standard InChI is InChI=1S/C14H17BrN4O/c1-2-19-8-16-7-10(19)13-17-12(9-5-3-4-6-9)11(15)14(20)18-13/h7-9H,2-6H2,1H3,(H,17,18,20). The lowest BCUT2D eigenvalue weighted by Crippen LogP contribution is -2.16. The lowest BCUT2D eigenvalue weighted by Gasteiger charge is -2.12. The van der Waals surface area contributed by atoms with Crippen molar-refractivity contribution < 1.29 is 0 Å². The molecule has 0 aliphatic heterocycles. The van der Waals surface area contributed by atoms with Crippen LogP contribution in [0.3, 0.4) is 0 Å². The molecule has 0 aromatic carbocycles. The molecule has 106 valence electrons. The van der Waals surface area contributed by atoms with E-state index in [9.17, 15) is 4.79 Å². The third-order valence-corrected chi connectivity index (χ3v) is 4.69. The molecule has 1 saturated carbocycles. The monoisotopic (exact) mass is 336 g/mol. The number of hydrogen-bond acceptors (Lipinski definition) is 3. The minimum atomic E-state index is -0.110. The summed E-state index contributed by atoms with van der Waals surface area (Å²) < 4.78 is 2.56. The molecule has 2 heterocycles. The van der Waals surface area contributed by atoms with Gasteiger partial charge in [0, 0.05) is 12.5 Å². The van der Waals surface area contributed by atoms with E-state index in [2.05, 4.69) is 25.9 Å². The molecule has 0 radical (unpaired) electrons. The Kier molecular flexibility index (Phi) is 3.74. The zero-order valence-electron chi connectivity index (χ0n) is 11.4. The molecule has 1 aliphatic carbocycles. The van der Waals surface area contributed by atoms with Gasteiger partial charge in [0.2, 0.25) is 0 Å². The molecule has 0 unspecified atom stereocenters. The lowest BCUT2D eigenvalue weighted by atomic mass is 10.0. The lowest BCUT2D eigenvalue weighted by molar-refractivity contribution is 0.685. The number of nitrogens with one attached hydrogen (secondary N) is 1. The Morgan fingerprint density at radius 2 is 2.20 bits per heavy atom. The van der Waals surface area contributed by atoms with Gasteiger partial charge in [-0.05, 0) is 35.7 Å². The number of nitrogens with zero attached hydrogens (tertiary/aromatic N) is 3. The summed E-state index contributed by atoms with van der Waals surface area (Å²) >= 11 is 3.39. The predicted molar refractivity (Wildman–Crippen MR) is 80.7 cm³/mol. The van der Waals surface area contributed by atoms with Gasteiger partial charge >= 0.3 is 0 Å². The summed E-state index contributed by atoms with van der Waals surface area (Å²) in [5.74, 6) is 1.00. The van der Waals surface area contributed by atoms with Crippen LogP contribution in [0.25, 0.3) is 11.5 Å². The molecule has 0 saturated heterocycles. The molecule has 0 bridgehead atoms. The first-order chi connectivity index (χ1) is 9.70. The van der Waals surface area contributed by atoms with Crippen LogP contribution >= 0.6 is 15.9 Å². The summed E-state index contributed by atoms with van der Waals surface area (Å²) in [6.07, 6.45) is 8.16. The van der Waals surface area contributed by atoms with Gasteiger partial charge in [0.05, 0.1) is 18.2 Å². The van der Waals surface area contributed by atoms with Crippen LogP contribution in [-0.4, -0.2) is 19.5 Å². The number of halogens is 1. The number of rotatable bonds is 3. The van der Waals surface area contributed by atoms with Gasteiger partial charge in [-0.25, -0.2) is 9.97 Å². The van der Waals surface area contributed by atoms with Crippen molar-refractivity contribution in [1.82, 2.24) is 19.5 Å². The number of aromatic nitrogens is 4. The molecule has 1 aliphatic rings. The van der Waals surface area contributed by atoms with Crippen molar-refractivity contribution in [2.24, 2.45) is 0 Å². The van der Waals surface area contributed by atoms with Gasteiger partial charge in [0.15, 0.2) is 5.82 Å². The predicted octanol–water partition coefficient (Wildman–Crippen LogP) is 3.07. The van der Waals surface area contributed by atoms with E-state index in [1.807, 2.05) is 11.5 Å². The minimum Gasteiger partial charge on any atom is -0.328 e. The maximum atomic E-state index is 12.1. The van der Waals surface area contributed by atoms with Crippen molar-refractivity contribution in [3.05, 3.63) is 33.0 Å². The van der Waals surface area contributed by atoms with Crippen molar-refractivity contribution in [2.75, 3.05) is 0 Å². The zero-order chi connectivity index (χ0) is 14.1. The van der Waals surface area contributed by atoms with Gasteiger partial charge in [-0.2, -0.15) is 0 Å². The fourth-order valence-electron chi connectivity index (χ4n) is 2.84. The first-order valence-electron chi connectivity index (χ1n) is 7.01. The highest BCUT2D eigenvalue weighted by Crippen LogP contribution is 2.35. The van der Waals surface area contributed by atoms with E-state index in [1.165, 1.54) is 12.8 Å². The molecular weight excluding hydrogens is 320 g/mol. The molecular formula is C14H17BrN4O. The fraction of sp³-hybridized carbons (Fsp3) is 0.500. The first kappa shape index (κ1) is 13.5. The van der Waals surface area contributed by atoms with Crippen LogP contribution in [0.1, 0.15) is 44.2 Å². The van der Waals surface area contributed by atoms with Crippen LogP contribution in [0.15, 0.2) is 21.8 Å². The zero-order valence-corrected chi connectivity index (χ0v) is 13.0. The van der Waals surface area contributed by atoms with Gasteiger partial charge in [0.1, 0.15) is 10.2 Å². The number of aromatic amines is 1. The van der Waals surface area contributed by atoms with E-state index < -0.39 is 0 Å². The fourth-order valence-corrected chi connectivity index (χ4v) is 3.35. The van der Waals surface area contributed by atoms with Crippen molar-refractivity contribution in [3.63, 3.8) is 0 Å². The Bertz CT molecular complexity index is 670. The molecule has 5 nitrogen and oxygen atoms in total. The van der Waals surface area contributed by atoms with Crippen LogP contribution in [-0.2, 0) is 6.54 Å². The highest BCUT2D eigenvalue weighted by molar-refractivity contribution is 9.10. The molecule has 0 atom stereocenters. The summed E-state index contributed by atoms with van der Waals surface area (Å²) in [5, 5.41) is 0. The van der Waals surface area contributed by atoms with Gasteiger partial charge in [0.25, 0.3) is 5.56 Å². The molecule has 2 aromatic heterocycles. The van der Waals surface area contributed by atoms with Crippen LogP contribution in [0.4, 0.5) is 0 Å². The highest BCUT2D eigenvalue weighted by atomic mass is 79.9. The first-order valence-corrected chi connectivity index (χ1v) is 7.80. The number of imidazole rings is 1. The normalized spacial score (nSPS) is 15.9. The number of aryl methyl sites for hydroxylation is 1. The Balaban J connectivity index is 2.11. The van der Waals surface area contributed by atoms with E-state index in [4.69, 9.17) is 4.98 Å². The maximum Gasteiger partial charge on any atom is 0.265 e. The molecule has 0 spiro atoms. The number of H-pyrrole nitrogens is 1. The second-order valence-corrected chi connectivity index (χ2v) is 5.95. The Hall–Kier alpha value is -1.43. The summed E-state index contributed by atoms with van der Waals surface area (Å²) in [5.41, 5.74) is 1.64. The second-order valence-electron chi connectivity index (χ2n) is 5.16. The van der Waals surface area contributed by atoms with E-state index in [0.717, 1.165) is 30.8 Å². The quantitative estimate of drug-likeness (QED) is 0.936. The Morgan fingerprint density at radius 3 is 2.90 bits per heavy atom.